The zero-order chi connectivity index (χ0) is 28.3. The van der Waals surface area contributed by atoms with Crippen LogP contribution in [0.5, 0.6) is 0 Å². The maximum Gasteiger partial charge on any atom is 0.0540 e. The van der Waals surface area contributed by atoms with E-state index in [9.17, 15) is 0 Å². The number of nitrogens with zero attached hydrogens (tertiary/aromatic N) is 3. The van der Waals surface area contributed by atoms with Gasteiger partial charge in [-0.05, 0) is 132 Å². The second-order valence-corrected chi connectivity index (χ2v) is 11.9. The molecule has 0 spiro atoms. The summed E-state index contributed by atoms with van der Waals surface area (Å²) < 4.78 is 0. The molecule has 3 nitrogen and oxygen atoms in total. The van der Waals surface area contributed by atoms with Crippen molar-refractivity contribution in [2.24, 2.45) is 15.0 Å². The van der Waals surface area contributed by atoms with Gasteiger partial charge in [-0.2, -0.15) is 0 Å². The lowest BCUT2D eigenvalue weighted by atomic mass is 9.87. The molecular weight excluding hydrogens is 474 g/mol. The number of aryl methyl sites for hydroxylation is 9. The molecule has 3 heteroatoms. The zero-order valence-corrected chi connectivity index (χ0v) is 25.4. The highest BCUT2D eigenvalue weighted by Gasteiger charge is 2.28. The molecule has 0 bridgehead atoms. The molecule has 1 aliphatic rings. The summed E-state index contributed by atoms with van der Waals surface area (Å²) in [6.45, 7) is 19.6. The number of hydrogen-bond acceptors (Lipinski definition) is 3. The molecular formula is C36H45N3. The predicted molar refractivity (Wildman–Crippen MR) is 170 cm³/mol. The van der Waals surface area contributed by atoms with Crippen LogP contribution in [0.3, 0.4) is 0 Å². The van der Waals surface area contributed by atoms with E-state index >= 15 is 0 Å². The van der Waals surface area contributed by atoms with E-state index in [1.165, 1.54) is 66.8 Å². The van der Waals surface area contributed by atoms with Crippen LogP contribution >= 0.6 is 0 Å². The number of rotatable bonds is 6. The summed E-state index contributed by atoms with van der Waals surface area (Å²) >= 11 is 0. The minimum atomic E-state index is 0.198. The predicted octanol–water partition coefficient (Wildman–Crippen LogP) is 8.41. The second-order valence-electron chi connectivity index (χ2n) is 11.9. The van der Waals surface area contributed by atoms with Crippen LogP contribution in [0.25, 0.3) is 0 Å². The summed E-state index contributed by atoms with van der Waals surface area (Å²) in [4.78, 5) is 15.4. The third kappa shape index (κ3) is 7.20. The van der Waals surface area contributed by atoms with Gasteiger partial charge in [0.25, 0.3) is 0 Å². The van der Waals surface area contributed by atoms with Crippen LogP contribution in [-0.2, 0) is 0 Å². The fraction of sp³-hybridized carbons (Fsp3) is 0.417. The van der Waals surface area contributed by atoms with Crippen molar-refractivity contribution in [1.29, 1.82) is 0 Å². The Kier molecular flexibility index (Phi) is 9.00. The van der Waals surface area contributed by atoms with E-state index < -0.39 is 0 Å². The van der Waals surface area contributed by atoms with Gasteiger partial charge < -0.3 is 0 Å². The summed E-state index contributed by atoms with van der Waals surface area (Å²) in [7, 11) is 0. The van der Waals surface area contributed by atoms with Crippen molar-refractivity contribution in [3.8, 4) is 0 Å². The fourth-order valence-corrected chi connectivity index (χ4v) is 6.32. The first-order valence-electron chi connectivity index (χ1n) is 14.3. The van der Waals surface area contributed by atoms with E-state index in [0.717, 1.165) is 19.3 Å². The SMILES string of the molecule is Cc1cc(C)c(C=NC2CC(N=Cc3c(C)cc(C)cc3C)CC(N=Cc3c(C)cc(C)cc3C)C2)c(C)c1. The maximum absolute atomic E-state index is 5.14. The maximum atomic E-state index is 5.14. The molecule has 0 heterocycles. The largest absolute Gasteiger partial charge is 0.289 e. The highest BCUT2D eigenvalue weighted by atomic mass is 14.9. The molecule has 0 N–H and O–H groups in total. The van der Waals surface area contributed by atoms with E-state index in [-0.39, 0.29) is 18.1 Å². The quantitative estimate of drug-likeness (QED) is 0.293. The van der Waals surface area contributed by atoms with Gasteiger partial charge in [-0.1, -0.05) is 53.1 Å². The molecule has 0 aliphatic heterocycles. The molecule has 204 valence electrons. The van der Waals surface area contributed by atoms with Crippen LogP contribution < -0.4 is 0 Å². The van der Waals surface area contributed by atoms with Gasteiger partial charge in [0.15, 0.2) is 0 Å². The van der Waals surface area contributed by atoms with Crippen LogP contribution in [0.15, 0.2) is 51.4 Å². The van der Waals surface area contributed by atoms with Gasteiger partial charge in [0.1, 0.15) is 0 Å². The van der Waals surface area contributed by atoms with Crippen molar-refractivity contribution in [2.75, 3.05) is 0 Å². The Balaban J connectivity index is 1.62. The molecule has 0 amide bonds. The summed E-state index contributed by atoms with van der Waals surface area (Å²) in [6.07, 6.45) is 9.17. The first-order valence-corrected chi connectivity index (χ1v) is 14.3. The number of aliphatic imine (C=N–C) groups is 3. The molecule has 4 rings (SSSR count). The Labute approximate surface area is 236 Å². The lowest BCUT2D eigenvalue weighted by molar-refractivity contribution is 0.358. The lowest BCUT2D eigenvalue weighted by Gasteiger charge is -2.29. The molecule has 1 saturated carbocycles. The third-order valence-corrected chi connectivity index (χ3v) is 8.09. The van der Waals surface area contributed by atoms with Crippen molar-refractivity contribution in [2.45, 2.75) is 99.7 Å². The molecule has 0 aromatic heterocycles. The number of hydrogen-bond donors (Lipinski definition) is 0. The van der Waals surface area contributed by atoms with Gasteiger partial charge in [0, 0.05) is 18.6 Å². The molecule has 1 fully saturated rings. The Hall–Kier alpha value is -3.33. The molecule has 3 aromatic rings. The highest BCUT2D eigenvalue weighted by molar-refractivity contribution is 5.85. The first-order chi connectivity index (χ1) is 18.5. The Morgan fingerprint density at radius 2 is 0.615 bits per heavy atom. The Morgan fingerprint density at radius 3 is 0.821 bits per heavy atom. The van der Waals surface area contributed by atoms with Gasteiger partial charge in [0.2, 0.25) is 0 Å². The molecule has 39 heavy (non-hydrogen) atoms. The Bertz CT molecular complexity index is 1190. The van der Waals surface area contributed by atoms with Crippen molar-refractivity contribution in [1.82, 2.24) is 0 Å². The van der Waals surface area contributed by atoms with Gasteiger partial charge in [-0.25, -0.2) is 0 Å². The normalized spacial score (nSPS) is 20.1. The summed E-state index contributed by atoms with van der Waals surface area (Å²) in [5.41, 5.74) is 15.3. The molecule has 0 unspecified atom stereocenters. The van der Waals surface area contributed by atoms with Crippen molar-refractivity contribution in [3.05, 3.63) is 103 Å². The van der Waals surface area contributed by atoms with Crippen molar-refractivity contribution >= 4 is 18.6 Å². The topological polar surface area (TPSA) is 37.1 Å². The van der Waals surface area contributed by atoms with E-state index in [4.69, 9.17) is 15.0 Å². The van der Waals surface area contributed by atoms with Gasteiger partial charge in [-0.3, -0.25) is 15.0 Å². The van der Waals surface area contributed by atoms with Gasteiger partial charge >= 0.3 is 0 Å². The van der Waals surface area contributed by atoms with E-state index in [1.807, 2.05) is 0 Å². The Morgan fingerprint density at radius 1 is 0.410 bits per heavy atom. The highest BCUT2D eigenvalue weighted by Crippen LogP contribution is 2.28. The molecule has 0 saturated heterocycles. The van der Waals surface area contributed by atoms with Crippen LogP contribution in [-0.4, -0.2) is 36.8 Å². The molecule has 3 aromatic carbocycles. The van der Waals surface area contributed by atoms with E-state index in [1.54, 1.807) is 0 Å². The molecule has 0 radical (unpaired) electrons. The van der Waals surface area contributed by atoms with Crippen LogP contribution in [0.2, 0.25) is 0 Å². The molecule has 1 aliphatic carbocycles. The average Bonchev–Trinajstić information content (AvgIpc) is 2.82. The summed E-state index contributed by atoms with van der Waals surface area (Å²) in [6, 6.07) is 14.1. The standard InChI is InChI=1S/C36H45N3/c1-22-10-25(4)34(26(5)11-22)19-37-31-16-32(38-20-35-27(6)12-23(2)13-28(35)7)18-33(17-31)39-21-36-29(8)14-24(3)15-30(36)9/h10-15,19-21,31-33H,16-18H2,1-9H3. The first kappa shape index (κ1) is 28.7. The van der Waals surface area contributed by atoms with Crippen LogP contribution in [0.1, 0.15) is 86.0 Å². The monoisotopic (exact) mass is 519 g/mol. The van der Waals surface area contributed by atoms with Crippen LogP contribution in [0, 0.1) is 62.3 Å². The number of benzene rings is 3. The van der Waals surface area contributed by atoms with Crippen LogP contribution in [0.4, 0.5) is 0 Å². The summed E-state index contributed by atoms with van der Waals surface area (Å²) in [5.74, 6) is 0. The second kappa shape index (κ2) is 12.2. The minimum Gasteiger partial charge on any atom is -0.289 e. The third-order valence-electron chi connectivity index (χ3n) is 8.09. The average molecular weight is 520 g/mol. The van der Waals surface area contributed by atoms with Crippen molar-refractivity contribution in [3.63, 3.8) is 0 Å². The van der Waals surface area contributed by atoms with Gasteiger partial charge in [0.05, 0.1) is 18.1 Å². The van der Waals surface area contributed by atoms with Gasteiger partial charge in [-0.15, -0.1) is 0 Å². The molecule has 0 atom stereocenters. The lowest BCUT2D eigenvalue weighted by Crippen LogP contribution is -2.30. The smallest absolute Gasteiger partial charge is 0.0540 e. The zero-order valence-electron chi connectivity index (χ0n) is 25.4. The van der Waals surface area contributed by atoms with Crippen molar-refractivity contribution < 1.29 is 0 Å². The minimum absolute atomic E-state index is 0.198. The summed E-state index contributed by atoms with van der Waals surface area (Å²) in [5, 5.41) is 0. The van der Waals surface area contributed by atoms with E-state index in [2.05, 4.69) is 117 Å². The fourth-order valence-electron chi connectivity index (χ4n) is 6.32. The van der Waals surface area contributed by atoms with E-state index in [0.29, 0.717) is 0 Å².